The van der Waals surface area contributed by atoms with E-state index in [1.807, 2.05) is 0 Å². The Morgan fingerprint density at radius 3 is 2.28 bits per heavy atom. The number of esters is 1. The average Bonchev–Trinajstić information content (AvgIpc) is 2.28. The van der Waals surface area contributed by atoms with Gasteiger partial charge >= 0.3 is 5.97 Å². The van der Waals surface area contributed by atoms with Gasteiger partial charge in [-0.05, 0) is 23.0 Å². The van der Waals surface area contributed by atoms with Crippen molar-refractivity contribution in [2.45, 2.75) is 43.9 Å². The molecule has 0 fully saturated rings. The van der Waals surface area contributed by atoms with Crippen molar-refractivity contribution in [3.63, 3.8) is 0 Å². The van der Waals surface area contributed by atoms with Crippen LogP contribution in [0, 0.1) is 0 Å². The lowest BCUT2D eigenvalue weighted by Gasteiger charge is -2.19. The van der Waals surface area contributed by atoms with Crippen molar-refractivity contribution in [3.05, 3.63) is 35.4 Å². The minimum atomic E-state index is -0.178. The highest BCUT2D eigenvalue weighted by atomic mass is 79.9. The molecule has 18 heavy (non-hydrogen) atoms. The van der Waals surface area contributed by atoms with Crippen LogP contribution >= 0.6 is 15.9 Å². The van der Waals surface area contributed by atoms with E-state index < -0.39 is 0 Å². The highest BCUT2D eigenvalue weighted by molar-refractivity contribution is 9.09. The SMILES string of the molecule is COC(=O)CC(Br)Cc1ccc(C(C)(C)C)cc1. The third-order valence-corrected chi connectivity index (χ3v) is 3.54. The third-order valence-electron chi connectivity index (χ3n) is 2.89. The molecule has 0 heterocycles. The summed E-state index contributed by atoms with van der Waals surface area (Å²) >= 11 is 3.51. The average molecular weight is 313 g/mol. The molecular weight excluding hydrogens is 292 g/mol. The standard InChI is InChI=1S/C15H21BrO2/c1-15(2,3)12-7-5-11(6-8-12)9-13(16)10-14(17)18-4/h5-8,13H,9-10H2,1-4H3. The molecule has 0 aliphatic heterocycles. The van der Waals surface area contributed by atoms with Crippen molar-refractivity contribution in [2.75, 3.05) is 7.11 Å². The quantitative estimate of drug-likeness (QED) is 0.623. The summed E-state index contributed by atoms with van der Waals surface area (Å²) < 4.78 is 4.65. The van der Waals surface area contributed by atoms with Gasteiger partial charge < -0.3 is 4.74 Å². The van der Waals surface area contributed by atoms with Gasteiger partial charge in [-0.25, -0.2) is 0 Å². The fourth-order valence-electron chi connectivity index (χ4n) is 1.73. The van der Waals surface area contributed by atoms with Gasteiger partial charge in [0.15, 0.2) is 0 Å². The zero-order chi connectivity index (χ0) is 13.8. The Morgan fingerprint density at radius 2 is 1.83 bits per heavy atom. The number of ether oxygens (including phenoxy) is 1. The van der Waals surface area contributed by atoms with E-state index in [9.17, 15) is 4.79 Å². The number of methoxy groups -OCH3 is 1. The summed E-state index contributed by atoms with van der Waals surface area (Å²) in [6.07, 6.45) is 1.23. The molecule has 0 aromatic heterocycles. The van der Waals surface area contributed by atoms with E-state index in [0.717, 1.165) is 6.42 Å². The molecule has 0 N–H and O–H groups in total. The molecule has 0 radical (unpaired) electrons. The zero-order valence-corrected chi connectivity index (χ0v) is 13.1. The van der Waals surface area contributed by atoms with Crippen LogP contribution in [-0.2, 0) is 21.4 Å². The number of carbonyl (C=O) groups excluding carboxylic acids is 1. The van der Waals surface area contributed by atoms with E-state index in [1.165, 1.54) is 18.2 Å². The second kappa shape index (κ2) is 6.37. The van der Waals surface area contributed by atoms with Gasteiger partial charge in [0.05, 0.1) is 13.5 Å². The lowest BCUT2D eigenvalue weighted by molar-refractivity contribution is -0.140. The molecule has 1 aromatic carbocycles. The summed E-state index contributed by atoms with van der Waals surface area (Å²) in [6, 6.07) is 8.58. The summed E-state index contributed by atoms with van der Waals surface area (Å²) in [7, 11) is 1.42. The molecule has 2 nitrogen and oxygen atoms in total. The van der Waals surface area contributed by atoms with E-state index in [4.69, 9.17) is 0 Å². The Balaban J connectivity index is 2.61. The Hall–Kier alpha value is -0.830. The number of benzene rings is 1. The van der Waals surface area contributed by atoms with E-state index in [-0.39, 0.29) is 16.2 Å². The smallest absolute Gasteiger partial charge is 0.306 e. The molecule has 100 valence electrons. The highest BCUT2D eigenvalue weighted by Crippen LogP contribution is 2.23. The van der Waals surface area contributed by atoms with Crippen molar-refractivity contribution in [3.8, 4) is 0 Å². The number of hydrogen-bond acceptors (Lipinski definition) is 2. The summed E-state index contributed by atoms with van der Waals surface area (Å²) in [4.78, 5) is 11.3. The molecule has 0 saturated heterocycles. The predicted molar refractivity (Wildman–Crippen MR) is 78.2 cm³/mol. The van der Waals surface area contributed by atoms with E-state index in [0.29, 0.717) is 6.42 Å². The van der Waals surface area contributed by atoms with Crippen LogP contribution in [0.25, 0.3) is 0 Å². The maximum absolute atomic E-state index is 11.1. The lowest BCUT2D eigenvalue weighted by Crippen LogP contribution is -2.13. The number of carbonyl (C=O) groups is 1. The van der Waals surface area contributed by atoms with Gasteiger partial charge in [-0.1, -0.05) is 61.0 Å². The molecule has 1 unspecified atom stereocenters. The van der Waals surface area contributed by atoms with E-state index >= 15 is 0 Å². The minimum Gasteiger partial charge on any atom is -0.469 e. The molecule has 0 aliphatic carbocycles. The van der Waals surface area contributed by atoms with E-state index in [1.54, 1.807) is 0 Å². The first-order valence-electron chi connectivity index (χ1n) is 6.13. The summed E-state index contributed by atoms with van der Waals surface area (Å²) in [5.74, 6) is -0.178. The third kappa shape index (κ3) is 4.81. The molecule has 0 aliphatic rings. The number of rotatable bonds is 4. The maximum Gasteiger partial charge on any atom is 0.306 e. The van der Waals surface area contributed by atoms with Crippen LogP contribution in [0.5, 0.6) is 0 Å². The molecule has 0 spiro atoms. The number of hydrogen-bond donors (Lipinski definition) is 0. The summed E-state index contributed by atoms with van der Waals surface area (Å²) in [5.41, 5.74) is 2.73. The van der Waals surface area contributed by atoms with Crippen LogP contribution in [0.3, 0.4) is 0 Å². The van der Waals surface area contributed by atoms with Gasteiger partial charge in [-0.2, -0.15) is 0 Å². The Labute approximate surface area is 118 Å². The highest BCUT2D eigenvalue weighted by Gasteiger charge is 2.14. The Morgan fingerprint density at radius 1 is 1.28 bits per heavy atom. The topological polar surface area (TPSA) is 26.3 Å². The van der Waals surface area contributed by atoms with Crippen molar-refractivity contribution in [1.29, 1.82) is 0 Å². The van der Waals surface area contributed by atoms with Crippen molar-refractivity contribution >= 4 is 21.9 Å². The van der Waals surface area contributed by atoms with Crippen molar-refractivity contribution < 1.29 is 9.53 Å². The molecule has 3 heteroatoms. The zero-order valence-electron chi connectivity index (χ0n) is 11.5. The number of halogens is 1. The Bertz CT molecular complexity index is 390. The largest absolute Gasteiger partial charge is 0.469 e. The first kappa shape index (κ1) is 15.2. The maximum atomic E-state index is 11.1. The van der Waals surface area contributed by atoms with E-state index in [2.05, 4.69) is 65.7 Å². The van der Waals surface area contributed by atoms with Crippen molar-refractivity contribution in [1.82, 2.24) is 0 Å². The molecule has 0 bridgehead atoms. The summed E-state index contributed by atoms with van der Waals surface area (Å²) in [6.45, 7) is 6.60. The van der Waals surface area contributed by atoms with Crippen LogP contribution in [0.4, 0.5) is 0 Å². The molecule has 0 amide bonds. The molecule has 1 atom stereocenters. The molecule has 0 saturated carbocycles. The van der Waals surface area contributed by atoms with Gasteiger partial charge in [-0.3, -0.25) is 4.79 Å². The lowest BCUT2D eigenvalue weighted by atomic mass is 9.86. The van der Waals surface area contributed by atoms with Crippen molar-refractivity contribution in [2.24, 2.45) is 0 Å². The molecule has 1 aromatic rings. The minimum absolute atomic E-state index is 0.130. The fourth-order valence-corrected chi connectivity index (χ4v) is 2.37. The monoisotopic (exact) mass is 312 g/mol. The predicted octanol–water partition coefficient (Wildman–Crippen LogP) is 3.85. The fraction of sp³-hybridized carbons (Fsp3) is 0.533. The Kier molecular flexibility index (Phi) is 5.39. The number of alkyl halides is 1. The van der Waals surface area contributed by atoms with Crippen LogP contribution < -0.4 is 0 Å². The first-order valence-corrected chi connectivity index (χ1v) is 7.05. The van der Waals surface area contributed by atoms with Crippen LogP contribution in [0.1, 0.15) is 38.3 Å². The van der Waals surface area contributed by atoms with Gasteiger partial charge in [-0.15, -0.1) is 0 Å². The molecule has 1 rings (SSSR count). The van der Waals surface area contributed by atoms with Gasteiger partial charge in [0.2, 0.25) is 0 Å². The van der Waals surface area contributed by atoms with Crippen LogP contribution in [-0.4, -0.2) is 17.9 Å². The van der Waals surface area contributed by atoms with Crippen LogP contribution in [0.2, 0.25) is 0 Å². The van der Waals surface area contributed by atoms with Gasteiger partial charge in [0.25, 0.3) is 0 Å². The molecular formula is C15H21BrO2. The van der Waals surface area contributed by atoms with Gasteiger partial charge in [0, 0.05) is 4.83 Å². The second-order valence-electron chi connectivity index (χ2n) is 5.53. The second-order valence-corrected chi connectivity index (χ2v) is 6.82. The van der Waals surface area contributed by atoms with Crippen LogP contribution in [0.15, 0.2) is 24.3 Å². The first-order chi connectivity index (χ1) is 8.32. The normalized spacial score (nSPS) is 13.2. The summed E-state index contributed by atoms with van der Waals surface area (Å²) in [5, 5.41) is 0. The van der Waals surface area contributed by atoms with Gasteiger partial charge in [0.1, 0.15) is 0 Å².